The van der Waals surface area contributed by atoms with E-state index in [-0.39, 0.29) is 0 Å². The maximum Gasteiger partial charge on any atom is 0.461 e. The van der Waals surface area contributed by atoms with Gasteiger partial charge < -0.3 is 9.64 Å². The Morgan fingerprint density at radius 3 is 2.33 bits per heavy atom. The van der Waals surface area contributed by atoms with Gasteiger partial charge in [-0.2, -0.15) is 30.7 Å². The maximum absolute atomic E-state index is 13.9. The number of halogens is 8. The van der Waals surface area contributed by atoms with Crippen molar-refractivity contribution in [3.05, 3.63) is 83.7 Å². The molecule has 0 aliphatic carbocycles. The van der Waals surface area contributed by atoms with Gasteiger partial charge in [-0.25, -0.2) is 4.39 Å². The molecule has 1 aliphatic rings. The van der Waals surface area contributed by atoms with Crippen LogP contribution in [-0.2, 0) is 6.42 Å². The van der Waals surface area contributed by atoms with Gasteiger partial charge in [0, 0.05) is 12.2 Å². The second-order valence-corrected chi connectivity index (χ2v) is 8.46. The summed E-state index contributed by atoms with van der Waals surface area (Å²) in [5, 5.41) is 0. The molecule has 0 radical (unpaired) electrons. The molecule has 0 N–H and O–H groups in total. The number of alkyl halides is 7. The summed E-state index contributed by atoms with van der Waals surface area (Å²) in [4.78, 5) is 1.53. The van der Waals surface area contributed by atoms with Crippen LogP contribution in [0.2, 0.25) is 0 Å². The fourth-order valence-corrected chi connectivity index (χ4v) is 4.49. The van der Waals surface area contributed by atoms with Gasteiger partial charge in [-0.1, -0.05) is 36.4 Å². The van der Waals surface area contributed by atoms with E-state index < -0.39 is 49.3 Å². The van der Waals surface area contributed by atoms with Crippen LogP contribution in [0.1, 0.15) is 30.0 Å². The molecule has 0 spiro atoms. The molecule has 2 nitrogen and oxygen atoms in total. The number of hydrogen-bond acceptors (Lipinski definition) is 2. The van der Waals surface area contributed by atoms with Crippen molar-refractivity contribution in [2.24, 2.45) is 0 Å². The summed E-state index contributed by atoms with van der Waals surface area (Å²) in [6.45, 7) is -0.425. The lowest BCUT2D eigenvalue weighted by atomic mass is 9.86. The highest BCUT2D eigenvalue weighted by atomic mass is 19.4. The molecular weight excluding hydrogens is 494 g/mol. The van der Waals surface area contributed by atoms with Crippen molar-refractivity contribution in [1.82, 2.24) is 0 Å². The Hall–Kier alpha value is -3.30. The van der Waals surface area contributed by atoms with Gasteiger partial charge in [0.15, 0.2) is 0 Å². The lowest BCUT2D eigenvalue weighted by Gasteiger charge is -2.40. The van der Waals surface area contributed by atoms with Gasteiger partial charge in [0.25, 0.3) is 0 Å². The van der Waals surface area contributed by atoms with E-state index in [9.17, 15) is 35.1 Å². The Bertz CT molecular complexity index is 1210. The first kappa shape index (κ1) is 25.8. The highest BCUT2D eigenvalue weighted by Gasteiger charge is 2.44. The third kappa shape index (κ3) is 5.74. The zero-order valence-corrected chi connectivity index (χ0v) is 18.7. The minimum atomic E-state index is -4.71. The van der Waals surface area contributed by atoms with E-state index in [0.29, 0.717) is 35.2 Å². The summed E-state index contributed by atoms with van der Waals surface area (Å²) in [5.41, 5.74) is 2.84. The zero-order valence-electron chi connectivity index (χ0n) is 18.7. The first-order valence-electron chi connectivity index (χ1n) is 11.1. The van der Waals surface area contributed by atoms with Crippen molar-refractivity contribution in [3.8, 4) is 16.9 Å². The summed E-state index contributed by atoms with van der Waals surface area (Å²) < 4.78 is 110. The fraction of sp³-hybridized carbons (Fsp3) is 0.308. The molecule has 10 heteroatoms. The van der Waals surface area contributed by atoms with Gasteiger partial charge in [0.1, 0.15) is 11.6 Å². The van der Waals surface area contributed by atoms with E-state index in [2.05, 4.69) is 4.74 Å². The highest BCUT2D eigenvalue weighted by Crippen LogP contribution is 2.44. The molecule has 1 heterocycles. The van der Waals surface area contributed by atoms with Crippen LogP contribution in [0.25, 0.3) is 11.1 Å². The lowest BCUT2D eigenvalue weighted by molar-refractivity contribution is -0.253. The molecule has 0 saturated heterocycles. The van der Waals surface area contributed by atoms with Gasteiger partial charge in [-0.05, 0) is 65.4 Å². The van der Waals surface area contributed by atoms with E-state index in [4.69, 9.17) is 0 Å². The van der Waals surface area contributed by atoms with E-state index in [1.807, 2.05) is 0 Å². The number of rotatable bonds is 7. The van der Waals surface area contributed by atoms with Crippen LogP contribution in [0, 0.1) is 5.82 Å². The average molecular weight is 515 g/mol. The number of anilines is 1. The Morgan fingerprint density at radius 2 is 1.64 bits per heavy atom. The second-order valence-electron chi connectivity index (χ2n) is 8.46. The van der Waals surface area contributed by atoms with Gasteiger partial charge in [0.05, 0.1) is 12.5 Å². The Balaban J connectivity index is 1.73. The van der Waals surface area contributed by atoms with Crippen LogP contribution < -0.4 is 9.64 Å². The fourth-order valence-electron chi connectivity index (χ4n) is 4.49. The van der Waals surface area contributed by atoms with Crippen LogP contribution in [0.5, 0.6) is 5.75 Å². The van der Waals surface area contributed by atoms with Crippen LogP contribution >= 0.6 is 0 Å². The number of nitrogens with zero attached hydrogens (tertiary/aromatic N) is 1. The zero-order chi connectivity index (χ0) is 26.1. The molecule has 0 fully saturated rings. The molecular formula is C26H21F8NO. The molecule has 0 bridgehead atoms. The van der Waals surface area contributed by atoms with Crippen molar-refractivity contribution >= 4 is 5.69 Å². The smallest absolute Gasteiger partial charge is 0.428 e. The summed E-state index contributed by atoms with van der Waals surface area (Å²) in [7, 11) is 0. The van der Waals surface area contributed by atoms with Gasteiger partial charge in [-0.3, -0.25) is 0 Å². The molecule has 0 unspecified atom stereocenters. The first-order valence-corrected chi connectivity index (χ1v) is 11.1. The number of benzene rings is 3. The van der Waals surface area contributed by atoms with Crippen LogP contribution in [-0.4, -0.2) is 25.3 Å². The van der Waals surface area contributed by atoms with Crippen molar-refractivity contribution in [1.29, 1.82) is 0 Å². The van der Waals surface area contributed by atoms with Crippen molar-refractivity contribution in [2.45, 2.75) is 44.0 Å². The SMILES string of the molecule is Fc1cccc(-c2cccc3c2CC[C@H](c2cccc(OC(F)(F)C(F)F)c2)N3CCC(F)(F)F)c1. The quantitative estimate of drug-likeness (QED) is 0.294. The highest BCUT2D eigenvalue weighted by molar-refractivity contribution is 5.76. The van der Waals surface area contributed by atoms with Crippen LogP contribution in [0.4, 0.5) is 40.8 Å². The molecule has 3 aromatic carbocycles. The minimum absolute atomic E-state index is 0.311. The van der Waals surface area contributed by atoms with Crippen LogP contribution in [0.3, 0.4) is 0 Å². The largest absolute Gasteiger partial charge is 0.461 e. The number of hydrogen-bond donors (Lipinski definition) is 0. The van der Waals surface area contributed by atoms with Crippen molar-refractivity contribution in [2.75, 3.05) is 11.4 Å². The number of ether oxygens (including phenoxy) is 1. The molecule has 3 aromatic rings. The summed E-state index contributed by atoms with van der Waals surface area (Å²) in [6, 6.07) is 15.4. The first-order chi connectivity index (χ1) is 16.9. The molecule has 36 heavy (non-hydrogen) atoms. The monoisotopic (exact) mass is 515 g/mol. The Morgan fingerprint density at radius 1 is 0.917 bits per heavy atom. The van der Waals surface area contributed by atoms with Crippen molar-refractivity contribution in [3.63, 3.8) is 0 Å². The molecule has 1 aliphatic heterocycles. The number of fused-ring (bicyclic) bond motifs is 1. The predicted octanol–water partition coefficient (Wildman–Crippen LogP) is 8.18. The van der Waals surface area contributed by atoms with Crippen molar-refractivity contribution < 1.29 is 39.9 Å². The molecule has 1 atom stereocenters. The Labute approximate surface area is 202 Å². The minimum Gasteiger partial charge on any atom is -0.428 e. The summed E-state index contributed by atoms with van der Waals surface area (Å²) >= 11 is 0. The third-order valence-electron chi connectivity index (χ3n) is 6.03. The molecule has 4 rings (SSSR count). The van der Waals surface area contributed by atoms with E-state index >= 15 is 0 Å². The molecule has 0 saturated carbocycles. The molecule has 0 aromatic heterocycles. The van der Waals surface area contributed by atoms with Gasteiger partial charge in [-0.15, -0.1) is 0 Å². The maximum atomic E-state index is 13.9. The van der Waals surface area contributed by atoms with Crippen LogP contribution in [0.15, 0.2) is 66.7 Å². The third-order valence-corrected chi connectivity index (χ3v) is 6.03. The topological polar surface area (TPSA) is 12.5 Å². The average Bonchev–Trinajstić information content (AvgIpc) is 2.81. The van der Waals surface area contributed by atoms with E-state index in [0.717, 1.165) is 17.7 Å². The van der Waals surface area contributed by atoms with Gasteiger partial charge in [0.2, 0.25) is 0 Å². The van der Waals surface area contributed by atoms with Gasteiger partial charge >= 0.3 is 18.7 Å². The second kappa shape index (κ2) is 9.99. The molecule has 0 amide bonds. The van der Waals surface area contributed by atoms with E-state index in [1.165, 1.54) is 35.2 Å². The predicted molar refractivity (Wildman–Crippen MR) is 119 cm³/mol. The van der Waals surface area contributed by atoms with E-state index in [1.54, 1.807) is 24.3 Å². The summed E-state index contributed by atoms with van der Waals surface area (Å²) in [5.74, 6) is -0.974. The Kier molecular flexibility index (Phi) is 7.15. The normalized spacial score (nSPS) is 16.2. The molecule has 192 valence electrons. The summed E-state index contributed by atoms with van der Waals surface area (Å²) in [6.07, 6.45) is -13.6. The lowest BCUT2D eigenvalue weighted by Crippen LogP contribution is -2.36. The standard InChI is InChI=1S/C26H21F8NO/c27-18-6-1-4-16(14-18)20-8-3-9-23-21(20)10-11-22(35(23)13-12-25(30,31)32)17-5-2-7-19(15-17)36-26(33,34)24(28)29/h1-9,14-15,22,24H,10-13H2/t22-/m1/s1.